The van der Waals surface area contributed by atoms with Crippen LogP contribution in [0.1, 0.15) is 71.7 Å². The molecule has 2 aromatic carbocycles. The van der Waals surface area contributed by atoms with Crippen molar-refractivity contribution in [1.82, 2.24) is 10.6 Å². The lowest BCUT2D eigenvalue weighted by atomic mass is 9.95. The smallest absolute Gasteiger partial charge is 0.251 e. The monoisotopic (exact) mass is 421 g/mol. The maximum atomic E-state index is 12.5. The van der Waals surface area contributed by atoms with Crippen LogP contribution in [0.15, 0.2) is 48.5 Å². The molecular weight excluding hydrogens is 390 g/mol. The van der Waals surface area contributed by atoms with Gasteiger partial charge in [0.15, 0.2) is 0 Å². The van der Waals surface area contributed by atoms with E-state index in [1.807, 2.05) is 13.0 Å². The van der Waals surface area contributed by atoms with Crippen molar-refractivity contribution < 1.29 is 14.4 Å². The van der Waals surface area contributed by atoms with Crippen LogP contribution < -0.4 is 16.0 Å². The lowest BCUT2D eigenvalue weighted by Crippen LogP contribution is -2.36. The number of benzene rings is 2. The summed E-state index contributed by atoms with van der Waals surface area (Å²) in [4.78, 5) is 37.2. The lowest BCUT2D eigenvalue weighted by molar-refractivity contribution is -0.116. The van der Waals surface area contributed by atoms with Gasteiger partial charge in [-0.05, 0) is 62.6 Å². The zero-order valence-corrected chi connectivity index (χ0v) is 18.2. The molecule has 3 amide bonds. The van der Waals surface area contributed by atoms with Crippen molar-refractivity contribution in [2.24, 2.45) is 0 Å². The summed E-state index contributed by atoms with van der Waals surface area (Å²) in [5.74, 6) is -0.459. The second-order valence-corrected chi connectivity index (χ2v) is 8.33. The van der Waals surface area contributed by atoms with E-state index >= 15 is 0 Å². The van der Waals surface area contributed by atoms with Crippen molar-refractivity contribution in [3.8, 4) is 0 Å². The normalized spacial score (nSPS) is 15.0. The van der Waals surface area contributed by atoms with Crippen LogP contribution in [-0.4, -0.2) is 29.8 Å². The van der Waals surface area contributed by atoms with E-state index in [-0.39, 0.29) is 36.2 Å². The zero-order chi connectivity index (χ0) is 22.2. The van der Waals surface area contributed by atoms with E-state index in [2.05, 4.69) is 16.0 Å². The number of hydrogen-bond acceptors (Lipinski definition) is 3. The molecule has 164 valence electrons. The number of hydrogen-bond donors (Lipinski definition) is 3. The molecule has 3 N–H and O–H groups in total. The predicted octanol–water partition coefficient (Wildman–Crippen LogP) is 4.20. The molecule has 0 aromatic heterocycles. The van der Waals surface area contributed by atoms with Crippen LogP contribution in [0.5, 0.6) is 0 Å². The summed E-state index contributed by atoms with van der Waals surface area (Å²) in [7, 11) is 0. The van der Waals surface area contributed by atoms with E-state index in [4.69, 9.17) is 0 Å². The maximum Gasteiger partial charge on any atom is 0.251 e. The summed E-state index contributed by atoms with van der Waals surface area (Å²) in [5.41, 5.74) is 2.66. The third-order valence-corrected chi connectivity index (χ3v) is 5.61. The van der Waals surface area contributed by atoms with Crippen molar-refractivity contribution in [2.75, 3.05) is 5.32 Å². The Bertz CT molecular complexity index is 921. The fraction of sp³-hybridized carbons (Fsp3) is 0.400. The van der Waals surface area contributed by atoms with Crippen LogP contribution in [0.2, 0.25) is 0 Å². The topological polar surface area (TPSA) is 87.3 Å². The average Bonchev–Trinajstić information content (AvgIpc) is 2.76. The maximum absolute atomic E-state index is 12.5. The molecule has 1 saturated carbocycles. The number of nitrogens with one attached hydrogen (secondary N) is 3. The fourth-order valence-electron chi connectivity index (χ4n) is 3.89. The Morgan fingerprint density at radius 3 is 2.32 bits per heavy atom. The number of carbonyl (C=O) groups is 3. The molecular formula is C25H31N3O3. The third kappa shape index (κ3) is 6.67. The van der Waals surface area contributed by atoms with Gasteiger partial charge in [-0.15, -0.1) is 0 Å². The highest BCUT2D eigenvalue weighted by Gasteiger charge is 2.18. The van der Waals surface area contributed by atoms with E-state index in [1.54, 1.807) is 49.4 Å². The van der Waals surface area contributed by atoms with Gasteiger partial charge in [0, 0.05) is 35.3 Å². The van der Waals surface area contributed by atoms with Gasteiger partial charge in [0.2, 0.25) is 5.91 Å². The average molecular weight is 422 g/mol. The van der Waals surface area contributed by atoms with E-state index in [1.165, 1.54) is 19.3 Å². The molecule has 1 unspecified atom stereocenters. The van der Waals surface area contributed by atoms with E-state index < -0.39 is 0 Å². The van der Waals surface area contributed by atoms with Gasteiger partial charge in [-0.2, -0.15) is 0 Å². The van der Waals surface area contributed by atoms with Gasteiger partial charge in [-0.1, -0.05) is 37.5 Å². The Kier molecular flexibility index (Phi) is 7.82. The second kappa shape index (κ2) is 10.8. The quantitative estimate of drug-likeness (QED) is 0.626. The predicted molar refractivity (Wildman–Crippen MR) is 122 cm³/mol. The largest absolute Gasteiger partial charge is 0.349 e. The first-order chi connectivity index (χ1) is 14.9. The standard InChI is InChI=1S/C25H31N3O3/c1-17-15-20(25(31)27-21-11-7-4-8-12-21)13-14-22(17)28-23(29)16-18(2)26-24(30)19-9-5-3-6-10-19/h3,5-6,9-10,13-15,18,21H,4,7-8,11-12,16H2,1-2H3,(H,26,30)(H,27,31)(H,28,29). The van der Waals surface area contributed by atoms with Crippen LogP contribution in [-0.2, 0) is 4.79 Å². The molecule has 0 radical (unpaired) electrons. The minimum atomic E-state index is -0.312. The van der Waals surface area contributed by atoms with Crippen LogP contribution >= 0.6 is 0 Å². The lowest BCUT2D eigenvalue weighted by Gasteiger charge is -2.23. The molecule has 1 aliphatic rings. The minimum Gasteiger partial charge on any atom is -0.349 e. The van der Waals surface area contributed by atoms with Gasteiger partial charge in [0.1, 0.15) is 0 Å². The highest BCUT2D eigenvalue weighted by molar-refractivity contribution is 5.97. The molecule has 2 aromatic rings. The summed E-state index contributed by atoms with van der Waals surface area (Å²) in [6, 6.07) is 14.2. The van der Waals surface area contributed by atoms with E-state index in [0.717, 1.165) is 18.4 Å². The Labute approximate surface area is 183 Å². The van der Waals surface area contributed by atoms with Crippen molar-refractivity contribution >= 4 is 23.4 Å². The van der Waals surface area contributed by atoms with Gasteiger partial charge < -0.3 is 16.0 Å². The molecule has 1 atom stereocenters. The number of carbonyl (C=O) groups excluding carboxylic acids is 3. The molecule has 3 rings (SSSR count). The van der Waals surface area contributed by atoms with Gasteiger partial charge in [0.25, 0.3) is 11.8 Å². The Balaban J connectivity index is 1.51. The van der Waals surface area contributed by atoms with Gasteiger partial charge in [-0.25, -0.2) is 0 Å². The highest BCUT2D eigenvalue weighted by atomic mass is 16.2. The minimum absolute atomic E-state index is 0.0647. The van der Waals surface area contributed by atoms with Crippen molar-refractivity contribution in [2.45, 2.75) is 64.5 Å². The first-order valence-corrected chi connectivity index (χ1v) is 11.0. The van der Waals surface area contributed by atoms with Gasteiger partial charge in [0.05, 0.1) is 0 Å². The van der Waals surface area contributed by atoms with Gasteiger partial charge >= 0.3 is 0 Å². The molecule has 6 heteroatoms. The molecule has 0 spiro atoms. The van der Waals surface area contributed by atoms with Crippen molar-refractivity contribution in [3.63, 3.8) is 0 Å². The summed E-state index contributed by atoms with van der Waals surface area (Å²) in [6.07, 6.45) is 5.81. The van der Waals surface area contributed by atoms with Crippen LogP contribution in [0.4, 0.5) is 5.69 Å². The Morgan fingerprint density at radius 1 is 0.935 bits per heavy atom. The molecule has 6 nitrogen and oxygen atoms in total. The molecule has 0 aliphatic heterocycles. The van der Waals surface area contributed by atoms with E-state index in [0.29, 0.717) is 16.8 Å². The molecule has 1 fully saturated rings. The SMILES string of the molecule is Cc1cc(C(=O)NC2CCCCC2)ccc1NC(=O)CC(C)NC(=O)c1ccccc1. The third-order valence-electron chi connectivity index (χ3n) is 5.61. The van der Waals surface area contributed by atoms with Crippen molar-refractivity contribution in [1.29, 1.82) is 0 Å². The second-order valence-electron chi connectivity index (χ2n) is 8.33. The van der Waals surface area contributed by atoms with Crippen LogP contribution in [0.25, 0.3) is 0 Å². The number of rotatable bonds is 7. The molecule has 0 heterocycles. The zero-order valence-electron chi connectivity index (χ0n) is 18.2. The number of amides is 3. The molecule has 0 bridgehead atoms. The first-order valence-electron chi connectivity index (χ1n) is 11.0. The first kappa shape index (κ1) is 22.5. The molecule has 1 aliphatic carbocycles. The van der Waals surface area contributed by atoms with Crippen molar-refractivity contribution in [3.05, 3.63) is 65.2 Å². The van der Waals surface area contributed by atoms with Crippen LogP contribution in [0, 0.1) is 6.92 Å². The Morgan fingerprint density at radius 2 is 1.65 bits per heavy atom. The summed E-state index contributed by atoms with van der Waals surface area (Å²) < 4.78 is 0. The number of aryl methyl sites for hydroxylation is 1. The Hall–Kier alpha value is -3.15. The summed E-state index contributed by atoms with van der Waals surface area (Å²) in [5, 5.41) is 8.83. The summed E-state index contributed by atoms with van der Waals surface area (Å²) >= 11 is 0. The molecule has 0 saturated heterocycles. The van der Waals surface area contributed by atoms with E-state index in [9.17, 15) is 14.4 Å². The molecule has 31 heavy (non-hydrogen) atoms. The highest BCUT2D eigenvalue weighted by Crippen LogP contribution is 2.20. The summed E-state index contributed by atoms with van der Waals surface area (Å²) in [6.45, 7) is 3.67. The fourth-order valence-corrected chi connectivity index (χ4v) is 3.89. The van der Waals surface area contributed by atoms with Crippen LogP contribution in [0.3, 0.4) is 0 Å². The number of anilines is 1. The van der Waals surface area contributed by atoms with Gasteiger partial charge in [-0.3, -0.25) is 14.4 Å².